The van der Waals surface area contributed by atoms with Crippen LogP contribution in [0.1, 0.15) is 19.3 Å². The zero-order valence-electron chi connectivity index (χ0n) is 7.33. The molecule has 4 N–H and O–H groups in total. The van der Waals surface area contributed by atoms with Crippen LogP contribution in [0.5, 0.6) is 0 Å². The van der Waals surface area contributed by atoms with Crippen LogP contribution >= 0.6 is 0 Å². The second-order valence-corrected chi connectivity index (χ2v) is 3.42. The van der Waals surface area contributed by atoms with Gasteiger partial charge in [0.15, 0.2) is 0 Å². The first-order valence-electron chi connectivity index (χ1n) is 4.44. The molecule has 0 bridgehead atoms. The highest BCUT2D eigenvalue weighted by Crippen LogP contribution is 2.07. The molecule has 0 aliphatic carbocycles. The van der Waals surface area contributed by atoms with Gasteiger partial charge in [0.05, 0.1) is 0 Å². The topological polar surface area (TPSA) is 72.4 Å². The van der Waals surface area contributed by atoms with E-state index in [4.69, 9.17) is 11.5 Å². The van der Waals surface area contributed by atoms with Gasteiger partial charge in [0, 0.05) is 25.6 Å². The van der Waals surface area contributed by atoms with E-state index >= 15 is 0 Å². The molecule has 4 heteroatoms. The summed E-state index contributed by atoms with van der Waals surface area (Å²) in [7, 11) is 0. The minimum absolute atomic E-state index is 0.228. The Bertz CT molecular complexity index is 160. The fourth-order valence-electron chi connectivity index (χ4n) is 1.56. The van der Waals surface area contributed by atoms with Crippen molar-refractivity contribution in [2.24, 2.45) is 11.5 Å². The van der Waals surface area contributed by atoms with Crippen LogP contribution < -0.4 is 11.5 Å². The maximum atomic E-state index is 10.5. The van der Waals surface area contributed by atoms with E-state index in [0.717, 1.165) is 32.5 Å². The standard InChI is InChI=1S/C8H17N3O/c9-7-2-1-4-11(6-7)5-3-8(10)12/h7H,1-6,9H2,(H2,10,12). The van der Waals surface area contributed by atoms with Gasteiger partial charge in [0.2, 0.25) is 5.91 Å². The van der Waals surface area contributed by atoms with Crippen molar-refractivity contribution in [2.45, 2.75) is 25.3 Å². The highest BCUT2D eigenvalue weighted by atomic mass is 16.1. The lowest BCUT2D eigenvalue weighted by atomic mass is 10.1. The lowest BCUT2D eigenvalue weighted by Gasteiger charge is -2.30. The van der Waals surface area contributed by atoms with Crippen LogP contribution in [-0.2, 0) is 4.79 Å². The zero-order chi connectivity index (χ0) is 8.97. The van der Waals surface area contributed by atoms with Crippen LogP contribution in [0.15, 0.2) is 0 Å². The van der Waals surface area contributed by atoms with Gasteiger partial charge >= 0.3 is 0 Å². The number of hydrogen-bond donors (Lipinski definition) is 2. The van der Waals surface area contributed by atoms with E-state index in [1.807, 2.05) is 0 Å². The summed E-state index contributed by atoms with van der Waals surface area (Å²) in [6.45, 7) is 2.73. The molecule has 0 aromatic rings. The Labute approximate surface area is 72.9 Å². The summed E-state index contributed by atoms with van der Waals surface area (Å²) >= 11 is 0. The van der Waals surface area contributed by atoms with Crippen molar-refractivity contribution in [3.8, 4) is 0 Å². The van der Waals surface area contributed by atoms with Crippen LogP contribution in [0.25, 0.3) is 0 Å². The number of amides is 1. The third-order valence-electron chi connectivity index (χ3n) is 2.22. The van der Waals surface area contributed by atoms with Crippen molar-refractivity contribution in [3.63, 3.8) is 0 Å². The first kappa shape index (κ1) is 9.48. The molecule has 1 aliphatic heterocycles. The number of likely N-dealkylation sites (tertiary alicyclic amines) is 1. The number of nitrogens with zero attached hydrogens (tertiary/aromatic N) is 1. The molecule has 1 rings (SSSR count). The lowest BCUT2D eigenvalue weighted by Crippen LogP contribution is -2.43. The minimum atomic E-state index is -0.228. The number of carbonyl (C=O) groups is 1. The Morgan fingerprint density at radius 3 is 2.92 bits per heavy atom. The van der Waals surface area contributed by atoms with Gasteiger partial charge in [-0.1, -0.05) is 0 Å². The van der Waals surface area contributed by atoms with Gasteiger partial charge in [-0.25, -0.2) is 0 Å². The second-order valence-electron chi connectivity index (χ2n) is 3.42. The van der Waals surface area contributed by atoms with Gasteiger partial charge < -0.3 is 16.4 Å². The predicted molar refractivity (Wildman–Crippen MR) is 47.5 cm³/mol. The number of hydrogen-bond acceptors (Lipinski definition) is 3. The first-order chi connectivity index (χ1) is 5.68. The lowest BCUT2D eigenvalue weighted by molar-refractivity contribution is -0.118. The van der Waals surface area contributed by atoms with Crippen molar-refractivity contribution < 1.29 is 4.79 Å². The summed E-state index contributed by atoms with van der Waals surface area (Å²) in [6, 6.07) is 0.284. The SMILES string of the molecule is NC(=O)CCN1CCCC(N)C1. The summed E-state index contributed by atoms with van der Waals surface area (Å²) in [5.41, 5.74) is 10.8. The van der Waals surface area contributed by atoms with Gasteiger partial charge in [0.1, 0.15) is 0 Å². The van der Waals surface area contributed by atoms with E-state index in [2.05, 4.69) is 4.90 Å². The van der Waals surface area contributed by atoms with E-state index in [1.54, 1.807) is 0 Å². The molecule has 0 aromatic heterocycles. The summed E-state index contributed by atoms with van der Waals surface area (Å²) in [5.74, 6) is -0.228. The molecule has 4 nitrogen and oxygen atoms in total. The van der Waals surface area contributed by atoms with Gasteiger partial charge in [-0.05, 0) is 19.4 Å². The number of carbonyl (C=O) groups excluding carboxylic acids is 1. The Kier molecular flexibility index (Phi) is 3.49. The van der Waals surface area contributed by atoms with E-state index in [9.17, 15) is 4.79 Å². The molecule has 1 atom stereocenters. The average molecular weight is 171 g/mol. The number of piperidine rings is 1. The highest BCUT2D eigenvalue weighted by Gasteiger charge is 2.16. The van der Waals surface area contributed by atoms with Crippen molar-refractivity contribution >= 4 is 5.91 Å². The molecule has 0 aromatic carbocycles. The summed E-state index contributed by atoms with van der Waals surface area (Å²) < 4.78 is 0. The van der Waals surface area contributed by atoms with Gasteiger partial charge in [-0.15, -0.1) is 0 Å². The largest absolute Gasteiger partial charge is 0.370 e. The van der Waals surface area contributed by atoms with Crippen LogP contribution in [0, 0.1) is 0 Å². The maximum Gasteiger partial charge on any atom is 0.218 e. The summed E-state index contributed by atoms with van der Waals surface area (Å²) in [6.07, 6.45) is 2.69. The van der Waals surface area contributed by atoms with Crippen molar-refractivity contribution in [2.75, 3.05) is 19.6 Å². The van der Waals surface area contributed by atoms with Crippen LogP contribution in [-0.4, -0.2) is 36.5 Å². The van der Waals surface area contributed by atoms with Crippen molar-refractivity contribution in [1.29, 1.82) is 0 Å². The third kappa shape index (κ3) is 3.19. The maximum absolute atomic E-state index is 10.5. The van der Waals surface area contributed by atoms with Gasteiger partial charge in [-0.2, -0.15) is 0 Å². The van der Waals surface area contributed by atoms with Crippen LogP contribution in [0.4, 0.5) is 0 Å². The fourth-order valence-corrected chi connectivity index (χ4v) is 1.56. The molecule has 0 saturated carbocycles. The first-order valence-corrected chi connectivity index (χ1v) is 4.44. The molecule has 1 fully saturated rings. The Balaban J connectivity index is 2.18. The molecule has 1 aliphatic rings. The smallest absolute Gasteiger partial charge is 0.218 e. The quantitative estimate of drug-likeness (QED) is 0.589. The monoisotopic (exact) mass is 171 g/mol. The summed E-state index contributed by atoms with van der Waals surface area (Å²) in [5, 5.41) is 0. The molecule has 1 amide bonds. The van der Waals surface area contributed by atoms with E-state index in [-0.39, 0.29) is 11.9 Å². The van der Waals surface area contributed by atoms with Gasteiger partial charge in [0.25, 0.3) is 0 Å². The highest BCUT2D eigenvalue weighted by molar-refractivity contribution is 5.73. The van der Waals surface area contributed by atoms with Crippen molar-refractivity contribution in [1.82, 2.24) is 4.90 Å². The molecule has 0 spiro atoms. The molecule has 1 saturated heterocycles. The molecule has 1 unspecified atom stereocenters. The normalized spacial score (nSPS) is 25.6. The number of nitrogens with two attached hydrogens (primary N) is 2. The minimum Gasteiger partial charge on any atom is -0.370 e. The third-order valence-corrected chi connectivity index (χ3v) is 2.22. The zero-order valence-corrected chi connectivity index (χ0v) is 7.33. The fraction of sp³-hybridized carbons (Fsp3) is 0.875. The molecule has 1 heterocycles. The Hall–Kier alpha value is -0.610. The van der Waals surface area contributed by atoms with Crippen LogP contribution in [0.2, 0.25) is 0 Å². The van der Waals surface area contributed by atoms with E-state index < -0.39 is 0 Å². The van der Waals surface area contributed by atoms with E-state index in [0.29, 0.717) is 6.42 Å². The Morgan fingerprint density at radius 2 is 2.33 bits per heavy atom. The molecule has 70 valence electrons. The second kappa shape index (κ2) is 4.42. The predicted octanol–water partition coefficient (Wildman–Crippen LogP) is -0.715. The number of primary amides is 1. The van der Waals surface area contributed by atoms with Crippen LogP contribution in [0.3, 0.4) is 0 Å². The van der Waals surface area contributed by atoms with E-state index in [1.165, 1.54) is 0 Å². The number of rotatable bonds is 3. The summed E-state index contributed by atoms with van der Waals surface area (Å²) in [4.78, 5) is 12.7. The Morgan fingerprint density at radius 1 is 1.58 bits per heavy atom. The molecular formula is C8H17N3O. The molecule has 0 radical (unpaired) electrons. The average Bonchev–Trinajstić information content (AvgIpc) is 2.01. The molecule has 12 heavy (non-hydrogen) atoms. The molecular weight excluding hydrogens is 154 g/mol. The van der Waals surface area contributed by atoms with Gasteiger partial charge in [-0.3, -0.25) is 4.79 Å². The van der Waals surface area contributed by atoms with Crippen molar-refractivity contribution in [3.05, 3.63) is 0 Å².